The van der Waals surface area contributed by atoms with E-state index in [1.54, 1.807) is 0 Å². The minimum absolute atomic E-state index is 0.0992. The van der Waals surface area contributed by atoms with E-state index in [-0.39, 0.29) is 12.8 Å². The maximum atomic E-state index is 12.8. The Labute approximate surface area is 343 Å². The molecule has 1 saturated carbocycles. The van der Waals surface area contributed by atoms with Crippen molar-refractivity contribution in [1.29, 1.82) is 0 Å². The topological polar surface area (TPSA) is 210 Å². The number of allylic oxidation sites excluding steroid dienone is 2. The summed E-state index contributed by atoms with van der Waals surface area (Å²) >= 11 is 0. The van der Waals surface area contributed by atoms with Crippen molar-refractivity contribution in [3.63, 3.8) is 0 Å². The number of hydrogen-bond acceptors (Lipinski definition) is 12. The Morgan fingerprint density at radius 2 is 0.895 bits per heavy atom. The third kappa shape index (κ3) is 27.1. The number of unbranched alkanes of at least 4 members (excludes halogenated alkanes) is 23. The standard InChI is InChI=1S/C43H81O13P/c1-3-5-7-9-11-13-15-17-18-20-22-24-26-28-30-32-37(45)55-35(34-54-57(51,52)56-43-41(49)39(47)38(46)40(48)42(43)50)33-53-36(44)31-29-27-25-23-21-19-16-14-12-10-8-6-4-2/h19,21,35,38-43,46-50H,3-18,20,22-34H2,1-2H3,(H,51,52)/b21-19+/t35-,38?,39-,40?,41?,42?,43?/m1/s1. The predicted octanol–water partition coefficient (Wildman–Crippen LogP) is 8.28. The Morgan fingerprint density at radius 1 is 0.526 bits per heavy atom. The Bertz CT molecular complexity index is 1060. The average Bonchev–Trinajstić information content (AvgIpc) is 3.19. The number of carbonyl (C=O) groups excluding carboxylic acids is 2. The summed E-state index contributed by atoms with van der Waals surface area (Å²) in [4.78, 5) is 35.6. The third-order valence-electron chi connectivity index (χ3n) is 10.6. The molecule has 0 bridgehead atoms. The van der Waals surface area contributed by atoms with Crippen molar-refractivity contribution in [3.8, 4) is 0 Å². The highest BCUT2D eigenvalue weighted by Crippen LogP contribution is 2.47. The Balaban J connectivity index is 2.48. The van der Waals surface area contributed by atoms with Gasteiger partial charge in [0.25, 0.3) is 0 Å². The lowest BCUT2D eigenvalue weighted by atomic mass is 9.85. The van der Waals surface area contributed by atoms with Gasteiger partial charge >= 0.3 is 19.8 Å². The van der Waals surface area contributed by atoms with Crippen molar-refractivity contribution >= 4 is 19.8 Å². The van der Waals surface area contributed by atoms with E-state index in [2.05, 4.69) is 26.0 Å². The molecular formula is C43H81O13P. The number of hydrogen-bond donors (Lipinski definition) is 6. The zero-order valence-corrected chi connectivity index (χ0v) is 36.3. The molecule has 0 radical (unpaired) electrons. The molecule has 6 unspecified atom stereocenters. The fourth-order valence-corrected chi connectivity index (χ4v) is 7.90. The van der Waals surface area contributed by atoms with Crippen LogP contribution in [-0.2, 0) is 32.7 Å². The molecule has 336 valence electrons. The van der Waals surface area contributed by atoms with E-state index < -0.39 is 75.7 Å². The van der Waals surface area contributed by atoms with Crippen LogP contribution in [0.5, 0.6) is 0 Å². The minimum atomic E-state index is -5.11. The van der Waals surface area contributed by atoms with E-state index in [0.29, 0.717) is 12.8 Å². The molecule has 14 heteroatoms. The molecule has 0 heterocycles. The number of carbonyl (C=O) groups is 2. The van der Waals surface area contributed by atoms with Crippen LogP contribution >= 0.6 is 7.82 Å². The number of ether oxygens (including phenoxy) is 2. The number of rotatable bonds is 37. The van der Waals surface area contributed by atoms with E-state index in [1.807, 2.05) is 0 Å². The molecular weight excluding hydrogens is 755 g/mol. The fourth-order valence-electron chi connectivity index (χ4n) is 6.93. The van der Waals surface area contributed by atoms with Crippen LogP contribution in [0.1, 0.15) is 194 Å². The van der Waals surface area contributed by atoms with Gasteiger partial charge < -0.3 is 39.9 Å². The van der Waals surface area contributed by atoms with Crippen molar-refractivity contribution in [2.24, 2.45) is 0 Å². The molecule has 0 aliphatic heterocycles. The maximum Gasteiger partial charge on any atom is 0.472 e. The quantitative estimate of drug-likeness (QED) is 0.0151. The van der Waals surface area contributed by atoms with Crippen molar-refractivity contribution in [2.45, 2.75) is 236 Å². The Kier molecular flexibility index (Phi) is 32.3. The molecule has 1 aliphatic rings. The first kappa shape index (κ1) is 53.6. The molecule has 0 spiro atoms. The fraction of sp³-hybridized carbons (Fsp3) is 0.907. The summed E-state index contributed by atoms with van der Waals surface area (Å²) in [6.45, 7) is 3.28. The van der Waals surface area contributed by atoms with Gasteiger partial charge in [-0.1, -0.05) is 154 Å². The summed E-state index contributed by atoms with van der Waals surface area (Å²) in [6.07, 6.45) is 21.3. The highest BCUT2D eigenvalue weighted by molar-refractivity contribution is 7.47. The highest BCUT2D eigenvalue weighted by atomic mass is 31.2. The first-order chi connectivity index (χ1) is 27.4. The van der Waals surface area contributed by atoms with Gasteiger partial charge in [0, 0.05) is 12.8 Å². The van der Waals surface area contributed by atoms with Gasteiger partial charge in [-0.2, -0.15) is 0 Å². The molecule has 0 aromatic carbocycles. The number of aliphatic hydroxyl groups is 5. The van der Waals surface area contributed by atoms with Gasteiger partial charge in [-0.05, 0) is 38.5 Å². The average molecular weight is 837 g/mol. The van der Waals surface area contributed by atoms with E-state index in [9.17, 15) is 44.6 Å². The van der Waals surface area contributed by atoms with E-state index >= 15 is 0 Å². The summed E-state index contributed by atoms with van der Waals surface area (Å²) in [5, 5.41) is 50.1. The van der Waals surface area contributed by atoms with E-state index in [4.69, 9.17) is 18.5 Å². The van der Waals surface area contributed by atoms with Crippen molar-refractivity contribution in [2.75, 3.05) is 13.2 Å². The molecule has 1 rings (SSSR count). The predicted molar refractivity (Wildman–Crippen MR) is 221 cm³/mol. The minimum Gasteiger partial charge on any atom is -0.462 e. The largest absolute Gasteiger partial charge is 0.472 e. The number of phosphoric ester groups is 1. The first-order valence-corrected chi connectivity index (χ1v) is 24.0. The molecule has 13 nitrogen and oxygen atoms in total. The lowest BCUT2D eigenvalue weighted by molar-refractivity contribution is -0.220. The second kappa shape index (κ2) is 34.3. The zero-order chi connectivity index (χ0) is 42.2. The van der Waals surface area contributed by atoms with Crippen LogP contribution in [0.25, 0.3) is 0 Å². The first-order valence-electron chi connectivity index (χ1n) is 22.5. The van der Waals surface area contributed by atoms with Crippen LogP contribution in [0.2, 0.25) is 0 Å². The molecule has 1 fully saturated rings. The Morgan fingerprint density at radius 3 is 1.35 bits per heavy atom. The van der Waals surface area contributed by atoms with Gasteiger partial charge in [0.05, 0.1) is 6.61 Å². The van der Waals surface area contributed by atoms with Crippen LogP contribution in [0, 0.1) is 0 Å². The maximum absolute atomic E-state index is 12.8. The van der Waals surface area contributed by atoms with Gasteiger partial charge in [0.1, 0.15) is 43.2 Å². The smallest absolute Gasteiger partial charge is 0.462 e. The van der Waals surface area contributed by atoms with Crippen molar-refractivity contribution in [1.82, 2.24) is 0 Å². The van der Waals surface area contributed by atoms with Crippen molar-refractivity contribution < 1.29 is 63.1 Å². The molecule has 8 atom stereocenters. The van der Waals surface area contributed by atoms with Gasteiger partial charge in [0.2, 0.25) is 0 Å². The van der Waals surface area contributed by atoms with Gasteiger partial charge in [-0.15, -0.1) is 0 Å². The molecule has 0 aromatic rings. The second-order valence-electron chi connectivity index (χ2n) is 15.9. The van der Waals surface area contributed by atoms with E-state index in [1.165, 1.54) is 109 Å². The monoisotopic (exact) mass is 837 g/mol. The normalized spacial score (nSPS) is 22.7. The van der Waals surface area contributed by atoms with Gasteiger partial charge in [-0.25, -0.2) is 4.57 Å². The number of esters is 2. The lowest BCUT2D eigenvalue weighted by Crippen LogP contribution is -2.64. The molecule has 0 saturated heterocycles. The summed E-state index contributed by atoms with van der Waals surface area (Å²) in [7, 11) is -5.11. The third-order valence-corrected chi connectivity index (χ3v) is 11.6. The van der Waals surface area contributed by atoms with Crippen LogP contribution < -0.4 is 0 Å². The number of phosphoric acid groups is 1. The summed E-state index contributed by atoms with van der Waals surface area (Å²) in [5.41, 5.74) is 0. The van der Waals surface area contributed by atoms with E-state index in [0.717, 1.165) is 44.9 Å². The van der Waals surface area contributed by atoms with Crippen molar-refractivity contribution in [3.05, 3.63) is 12.2 Å². The molecule has 0 amide bonds. The summed E-state index contributed by atoms with van der Waals surface area (Å²) in [6, 6.07) is 0. The van der Waals surface area contributed by atoms with Crippen LogP contribution in [0.15, 0.2) is 12.2 Å². The molecule has 57 heavy (non-hydrogen) atoms. The molecule has 6 N–H and O–H groups in total. The Hall–Kier alpha value is -1.41. The van der Waals surface area contributed by atoms with Crippen LogP contribution in [-0.4, -0.2) is 98.3 Å². The lowest BCUT2D eigenvalue weighted by Gasteiger charge is -2.41. The second-order valence-corrected chi connectivity index (χ2v) is 17.3. The highest BCUT2D eigenvalue weighted by Gasteiger charge is 2.51. The van der Waals surface area contributed by atoms with Gasteiger partial charge in [0.15, 0.2) is 6.10 Å². The summed E-state index contributed by atoms with van der Waals surface area (Å²) in [5.74, 6) is -1.11. The summed E-state index contributed by atoms with van der Waals surface area (Å²) < 4.78 is 33.5. The zero-order valence-electron chi connectivity index (χ0n) is 35.4. The number of aliphatic hydroxyl groups excluding tert-OH is 5. The molecule has 0 aromatic heterocycles. The van der Waals surface area contributed by atoms with Crippen LogP contribution in [0.3, 0.4) is 0 Å². The molecule has 1 aliphatic carbocycles. The van der Waals surface area contributed by atoms with Gasteiger partial charge in [-0.3, -0.25) is 18.6 Å². The SMILES string of the molecule is CCCCCCCC/C=C/CCCCCC(=O)OC[C@H](COP(=O)(O)OC1C(O)C(O)C(O)[C@@H](O)C1O)OC(=O)CCCCCCCCCCCCCCCCC. The van der Waals surface area contributed by atoms with Crippen LogP contribution in [0.4, 0.5) is 0 Å².